The third kappa shape index (κ3) is 6.06. The van der Waals surface area contributed by atoms with Gasteiger partial charge in [0.05, 0.1) is 0 Å². The second-order valence-corrected chi connectivity index (χ2v) is 3.62. The molecule has 1 aliphatic rings. The Balaban J connectivity index is -0.000000109. The summed E-state index contributed by atoms with van der Waals surface area (Å²) in [6.45, 7) is 10.9. The predicted octanol–water partition coefficient (Wildman–Crippen LogP) is 4.20. The van der Waals surface area contributed by atoms with E-state index < -0.39 is 0 Å². The third-order valence-electron chi connectivity index (χ3n) is 2.56. The van der Waals surface area contributed by atoms with E-state index >= 15 is 0 Å². The minimum absolute atomic E-state index is 0. The van der Waals surface area contributed by atoms with Crippen molar-refractivity contribution < 1.29 is 21.1 Å². The van der Waals surface area contributed by atoms with Crippen LogP contribution in [0.15, 0.2) is 16.7 Å². The molecule has 0 saturated carbocycles. The molecule has 94 valence electrons. The van der Waals surface area contributed by atoms with Gasteiger partial charge in [0, 0.05) is 21.1 Å². The molecule has 0 spiro atoms. The van der Waals surface area contributed by atoms with E-state index in [1.807, 2.05) is 0 Å². The summed E-state index contributed by atoms with van der Waals surface area (Å²) in [5.74, 6) is 0. The molecule has 0 heterocycles. The van der Waals surface area contributed by atoms with Crippen LogP contribution < -0.4 is 0 Å². The molecule has 0 atom stereocenters. The number of nitroso groups, excluding NO2 is 2. The monoisotopic (exact) mass is 394 g/mol. The van der Waals surface area contributed by atoms with Gasteiger partial charge in [-0.2, -0.15) is 11.1 Å². The summed E-state index contributed by atoms with van der Waals surface area (Å²) in [6.07, 6.45) is 3.44. The molecular weight excluding hydrogens is 376 g/mol. The van der Waals surface area contributed by atoms with Gasteiger partial charge in [0.25, 0.3) is 0 Å². The summed E-state index contributed by atoms with van der Waals surface area (Å²) in [7, 11) is 0. The minimum atomic E-state index is 0. The molecule has 0 unspecified atom stereocenters. The topological polar surface area (TPSA) is 78.7 Å². The molecule has 0 radical (unpaired) electrons. The second kappa shape index (κ2) is 10.9. The van der Waals surface area contributed by atoms with Gasteiger partial charge in [0.15, 0.2) is 0 Å². The van der Waals surface area contributed by atoms with Gasteiger partial charge in [-0.15, -0.1) is 6.92 Å². The summed E-state index contributed by atoms with van der Waals surface area (Å²) in [5, 5.41) is 0. The van der Waals surface area contributed by atoms with Gasteiger partial charge in [-0.05, 0) is 0 Å². The van der Waals surface area contributed by atoms with Crippen molar-refractivity contribution in [1.82, 2.24) is 0 Å². The van der Waals surface area contributed by atoms with E-state index in [0.717, 1.165) is 0 Å². The Morgan fingerprint density at radius 2 is 1.31 bits per heavy atom. The third-order valence-corrected chi connectivity index (χ3v) is 2.56. The van der Waals surface area contributed by atoms with Gasteiger partial charge in [-0.1, -0.05) is 33.1 Å². The van der Waals surface area contributed by atoms with Crippen LogP contribution >= 0.6 is 0 Å². The molecule has 1 aliphatic carbocycles. The van der Waals surface area contributed by atoms with Crippen molar-refractivity contribution in [1.29, 1.82) is 0 Å². The zero-order valence-corrected chi connectivity index (χ0v) is 13.6. The van der Waals surface area contributed by atoms with Crippen molar-refractivity contribution >= 4 is 0 Å². The fourth-order valence-electron chi connectivity index (χ4n) is 1.41. The van der Waals surface area contributed by atoms with Crippen LogP contribution in [0.3, 0.4) is 0 Å². The zero-order chi connectivity index (χ0) is 11.9. The summed E-state index contributed by atoms with van der Waals surface area (Å²) in [5.41, 5.74) is 15.9. The van der Waals surface area contributed by atoms with E-state index in [1.165, 1.54) is 16.7 Å². The summed E-state index contributed by atoms with van der Waals surface area (Å²) >= 11 is 0. The molecule has 4 nitrogen and oxygen atoms in total. The van der Waals surface area contributed by atoms with Gasteiger partial charge < -0.3 is 28.4 Å². The Labute approximate surface area is 112 Å². The number of allylic oxidation sites excluding steroid dienone is 4. The molecule has 0 N–H and O–H groups in total. The van der Waals surface area contributed by atoms with Crippen molar-refractivity contribution in [3.8, 4) is 0 Å². The Hall–Kier alpha value is -0.632. The van der Waals surface area contributed by atoms with Crippen molar-refractivity contribution in [3.05, 3.63) is 51.2 Å². The van der Waals surface area contributed by atoms with Gasteiger partial charge in [-0.25, -0.2) is 5.57 Å². The van der Waals surface area contributed by atoms with Crippen molar-refractivity contribution in [3.63, 3.8) is 0 Å². The van der Waals surface area contributed by atoms with Crippen LogP contribution in [0.1, 0.15) is 34.6 Å². The van der Waals surface area contributed by atoms with E-state index in [0.29, 0.717) is 0 Å². The molecule has 0 fully saturated rings. The van der Waals surface area contributed by atoms with Crippen LogP contribution in [0.2, 0.25) is 0 Å². The summed E-state index contributed by atoms with van der Waals surface area (Å²) in [6, 6.07) is 0. The molecule has 0 amide bonds. The molecule has 0 saturated heterocycles. The molecule has 5 heteroatoms. The van der Waals surface area contributed by atoms with Crippen molar-refractivity contribution in [2.24, 2.45) is 5.41 Å². The standard InChI is InChI=1S/C10H15.CH3.2NO.W/c1-7-6-10(4,5)9(3)8(7)2;;2*1-2;/h1-5H3;1H3;;;/q4*-1;. The predicted molar refractivity (Wildman–Crippen MR) is 64.5 cm³/mol. The van der Waals surface area contributed by atoms with Crippen LogP contribution in [0.4, 0.5) is 0 Å². The van der Waals surface area contributed by atoms with Crippen LogP contribution in [0.5, 0.6) is 0 Å². The fourth-order valence-corrected chi connectivity index (χ4v) is 1.41. The smallest absolute Gasteiger partial charge is 0 e. The van der Waals surface area contributed by atoms with Gasteiger partial charge >= 0.3 is 0 Å². The first-order valence-corrected chi connectivity index (χ1v) is 4.12. The maximum Gasteiger partial charge on any atom is 0 e. The van der Waals surface area contributed by atoms with Crippen LogP contribution in [-0.4, -0.2) is 0 Å². The molecule has 0 aliphatic heterocycles. The molecule has 0 aromatic rings. The van der Waals surface area contributed by atoms with E-state index in [1.54, 1.807) is 0 Å². The molecule has 1 rings (SSSR count). The first-order valence-electron chi connectivity index (χ1n) is 4.12. The van der Waals surface area contributed by atoms with Crippen LogP contribution in [0, 0.1) is 28.7 Å². The van der Waals surface area contributed by atoms with Crippen molar-refractivity contribution in [2.45, 2.75) is 34.6 Å². The Morgan fingerprint density at radius 1 is 1.00 bits per heavy atom. The molecule has 0 aromatic heterocycles. The Kier molecular flexibility index (Phi) is 16.7. The molecule has 0 aromatic carbocycles. The quantitative estimate of drug-likeness (QED) is 0.578. The van der Waals surface area contributed by atoms with Gasteiger partial charge in [0.2, 0.25) is 0 Å². The van der Waals surface area contributed by atoms with Gasteiger partial charge in [0.1, 0.15) is 0 Å². The van der Waals surface area contributed by atoms with Crippen LogP contribution in [0.25, 0.3) is 11.2 Å². The van der Waals surface area contributed by atoms with E-state index in [4.69, 9.17) is 21.0 Å². The number of nitrogens with zero attached hydrogens (tertiary/aromatic N) is 2. The summed E-state index contributed by atoms with van der Waals surface area (Å²) in [4.78, 5) is 14.5. The first-order chi connectivity index (χ1) is 6.45. The second-order valence-electron chi connectivity index (χ2n) is 3.62. The Bertz CT molecular complexity index is 259. The van der Waals surface area contributed by atoms with Gasteiger partial charge in [-0.3, -0.25) is 6.08 Å². The average Bonchev–Trinajstić information content (AvgIpc) is 2.36. The van der Waals surface area contributed by atoms with E-state index in [9.17, 15) is 0 Å². The molecular formula is C11H18N2O2W-4. The first kappa shape index (κ1) is 24.5. The maximum atomic E-state index is 7.25. The number of hydrogen-bond donors (Lipinski definition) is 0. The number of hydrogen-bond acceptors (Lipinski definition) is 2. The minimum Gasteiger partial charge on any atom is -0.577 e. The van der Waals surface area contributed by atoms with Crippen molar-refractivity contribution in [2.75, 3.05) is 0 Å². The number of rotatable bonds is 0. The largest absolute Gasteiger partial charge is 0.577 e. The van der Waals surface area contributed by atoms with E-state index in [2.05, 4.69) is 40.7 Å². The maximum absolute atomic E-state index is 7.25. The SMILES string of the molecule is CC1=[C-]C(C)(C)C(C)=C1C.[CH3-].[N-]=O.[N-]=O.[W]. The summed E-state index contributed by atoms with van der Waals surface area (Å²) < 4.78 is 0. The van der Waals surface area contributed by atoms with E-state index in [-0.39, 0.29) is 33.9 Å². The molecule has 16 heavy (non-hydrogen) atoms. The normalized spacial score (nSPS) is 15.2. The molecule has 0 bridgehead atoms. The Morgan fingerprint density at radius 3 is 1.38 bits per heavy atom. The van der Waals surface area contributed by atoms with Crippen LogP contribution in [-0.2, 0) is 21.1 Å². The fraction of sp³-hybridized carbons (Fsp3) is 0.545. The average molecular weight is 394 g/mol. The zero-order valence-electron chi connectivity index (χ0n) is 10.6.